The van der Waals surface area contributed by atoms with Gasteiger partial charge in [-0.3, -0.25) is 9.78 Å². The van der Waals surface area contributed by atoms with Crippen molar-refractivity contribution in [1.29, 1.82) is 0 Å². The maximum Gasteiger partial charge on any atom is 0.243 e. The minimum atomic E-state index is -0.0972. The van der Waals surface area contributed by atoms with Crippen molar-refractivity contribution in [3.05, 3.63) is 55.6 Å². The van der Waals surface area contributed by atoms with Crippen LogP contribution in [0.1, 0.15) is 12.8 Å². The van der Waals surface area contributed by atoms with Crippen molar-refractivity contribution < 1.29 is 4.79 Å². The van der Waals surface area contributed by atoms with Gasteiger partial charge in [0.1, 0.15) is 5.65 Å². The molecule has 132 valence electrons. The summed E-state index contributed by atoms with van der Waals surface area (Å²) in [4.78, 5) is 25.8. The summed E-state index contributed by atoms with van der Waals surface area (Å²) in [6, 6.07) is 6.39. The van der Waals surface area contributed by atoms with Crippen molar-refractivity contribution in [2.75, 3.05) is 18.0 Å². The number of aromatic nitrogens is 3. The second-order valence-corrected chi connectivity index (χ2v) is 6.51. The molecule has 4 heterocycles. The number of nitrogens with one attached hydrogen (secondary N) is 2. The molecular weight excluding hydrogens is 326 g/mol. The Kier molecular flexibility index (Phi) is 4.39. The molecule has 6 heteroatoms. The maximum absolute atomic E-state index is 11.5. The predicted molar refractivity (Wildman–Crippen MR) is 103 cm³/mol. The molecule has 1 amide bonds. The highest BCUT2D eigenvalue weighted by atomic mass is 16.1. The van der Waals surface area contributed by atoms with Crippen molar-refractivity contribution in [2.45, 2.75) is 18.9 Å². The van der Waals surface area contributed by atoms with Gasteiger partial charge >= 0.3 is 0 Å². The Morgan fingerprint density at radius 3 is 2.92 bits per heavy atom. The van der Waals surface area contributed by atoms with E-state index in [0.29, 0.717) is 0 Å². The highest BCUT2D eigenvalue weighted by Crippen LogP contribution is 2.30. The van der Waals surface area contributed by atoms with Crippen LogP contribution in [-0.2, 0) is 4.79 Å². The van der Waals surface area contributed by atoms with Gasteiger partial charge in [0.15, 0.2) is 0 Å². The van der Waals surface area contributed by atoms with Crippen molar-refractivity contribution in [3.8, 4) is 11.1 Å². The summed E-state index contributed by atoms with van der Waals surface area (Å²) in [5.74, 6) is -0.0972. The van der Waals surface area contributed by atoms with Crippen molar-refractivity contribution in [3.63, 3.8) is 0 Å². The number of amides is 1. The highest BCUT2D eigenvalue weighted by molar-refractivity contribution is 5.95. The Bertz CT molecular complexity index is 926. The van der Waals surface area contributed by atoms with Gasteiger partial charge in [0, 0.05) is 54.2 Å². The monoisotopic (exact) mass is 347 g/mol. The predicted octanol–water partition coefficient (Wildman–Crippen LogP) is 2.90. The first kappa shape index (κ1) is 16.3. The molecule has 3 aromatic heterocycles. The number of rotatable bonds is 4. The molecule has 3 aromatic rings. The second kappa shape index (κ2) is 7.00. The van der Waals surface area contributed by atoms with Crippen LogP contribution in [0.25, 0.3) is 22.2 Å². The molecule has 0 aromatic carbocycles. The summed E-state index contributed by atoms with van der Waals surface area (Å²) in [5.41, 5.74) is 4.16. The van der Waals surface area contributed by atoms with Gasteiger partial charge in [0.2, 0.25) is 5.91 Å². The molecule has 0 unspecified atom stereocenters. The van der Waals surface area contributed by atoms with E-state index in [1.165, 1.54) is 6.08 Å². The number of aromatic amines is 1. The highest BCUT2D eigenvalue weighted by Gasteiger charge is 2.21. The van der Waals surface area contributed by atoms with E-state index >= 15 is 0 Å². The van der Waals surface area contributed by atoms with Gasteiger partial charge in [0.05, 0.1) is 11.9 Å². The number of H-pyrrole nitrogens is 1. The Labute approximate surface area is 152 Å². The van der Waals surface area contributed by atoms with Crippen LogP contribution in [0.15, 0.2) is 55.6 Å². The SMILES string of the molecule is C=CC(=O)NC1CCN(c2cnc3[nH]cc(-c4cccnc4)c3c2)CC1. The molecule has 1 aliphatic heterocycles. The largest absolute Gasteiger partial charge is 0.370 e. The number of nitrogens with zero attached hydrogens (tertiary/aromatic N) is 3. The molecule has 1 aliphatic rings. The fourth-order valence-electron chi connectivity index (χ4n) is 3.47. The van der Waals surface area contributed by atoms with Crippen molar-refractivity contribution in [2.24, 2.45) is 0 Å². The van der Waals surface area contributed by atoms with Crippen LogP contribution >= 0.6 is 0 Å². The number of piperidine rings is 1. The normalized spacial score (nSPS) is 15.2. The third kappa shape index (κ3) is 3.18. The number of pyridine rings is 2. The smallest absolute Gasteiger partial charge is 0.243 e. The Morgan fingerprint density at radius 2 is 2.19 bits per heavy atom. The van der Waals surface area contributed by atoms with Crippen LogP contribution in [0.5, 0.6) is 0 Å². The number of hydrogen-bond donors (Lipinski definition) is 2. The zero-order valence-corrected chi connectivity index (χ0v) is 14.5. The molecular formula is C20H21N5O. The topological polar surface area (TPSA) is 73.9 Å². The molecule has 6 nitrogen and oxygen atoms in total. The average Bonchev–Trinajstić information content (AvgIpc) is 3.12. The first-order valence-electron chi connectivity index (χ1n) is 8.80. The summed E-state index contributed by atoms with van der Waals surface area (Å²) < 4.78 is 0. The minimum absolute atomic E-state index is 0.0972. The zero-order valence-electron chi connectivity index (χ0n) is 14.5. The van der Waals surface area contributed by atoms with Gasteiger partial charge in [-0.2, -0.15) is 0 Å². The van der Waals surface area contributed by atoms with Gasteiger partial charge in [-0.15, -0.1) is 0 Å². The van der Waals surface area contributed by atoms with Gasteiger partial charge in [-0.25, -0.2) is 4.98 Å². The fraction of sp³-hybridized carbons (Fsp3) is 0.250. The Morgan fingerprint density at radius 1 is 1.35 bits per heavy atom. The van der Waals surface area contributed by atoms with E-state index in [4.69, 9.17) is 0 Å². The fourth-order valence-corrected chi connectivity index (χ4v) is 3.47. The summed E-state index contributed by atoms with van der Waals surface area (Å²) in [7, 11) is 0. The van der Waals surface area contributed by atoms with E-state index in [2.05, 4.69) is 43.9 Å². The van der Waals surface area contributed by atoms with Crippen LogP contribution in [0.2, 0.25) is 0 Å². The van der Waals surface area contributed by atoms with E-state index in [-0.39, 0.29) is 11.9 Å². The molecule has 1 fully saturated rings. The molecule has 0 bridgehead atoms. The van der Waals surface area contributed by atoms with Gasteiger partial charge in [0.25, 0.3) is 0 Å². The number of hydrogen-bond acceptors (Lipinski definition) is 4. The average molecular weight is 347 g/mol. The molecule has 0 spiro atoms. The number of carbonyl (C=O) groups excluding carboxylic acids is 1. The van der Waals surface area contributed by atoms with Crippen molar-refractivity contribution >= 4 is 22.6 Å². The van der Waals surface area contributed by atoms with Crippen molar-refractivity contribution in [1.82, 2.24) is 20.3 Å². The van der Waals surface area contributed by atoms with E-state index in [1.807, 2.05) is 24.7 Å². The zero-order chi connectivity index (χ0) is 17.9. The second-order valence-electron chi connectivity index (χ2n) is 6.51. The number of carbonyl (C=O) groups is 1. The van der Waals surface area contributed by atoms with Crippen LogP contribution < -0.4 is 10.2 Å². The lowest BCUT2D eigenvalue weighted by molar-refractivity contribution is -0.117. The van der Waals surface area contributed by atoms with E-state index in [1.54, 1.807) is 6.20 Å². The van der Waals surface area contributed by atoms with Gasteiger partial charge < -0.3 is 15.2 Å². The van der Waals surface area contributed by atoms with Crippen LogP contribution in [0, 0.1) is 0 Å². The Hall–Kier alpha value is -3.15. The third-order valence-corrected chi connectivity index (χ3v) is 4.88. The number of anilines is 1. The molecule has 0 saturated carbocycles. The lowest BCUT2D eigenvalue weighted by Crippen LogP contribution is -2.44. The molecule has 1 saturated heterocycles. The first-order chi connectivity index (χ1) is 12.7. The third-order valence-electron chi connectivity index (χ3n) is 4.88. The van der Waals surface area contributed by atoms with E-state index in [9.17, 15) is 4.79 Å². The molecule has 0 radical (unpaired) electrons. The van der Waals surface area contributed by atoms with Gasteiger partial charge in [-0.05, 0) is 31.1 Å². The quantitative estimate of drug-likeness (QED) is 0.712. The van der Waals surface area contributed by atoms with Gasteiger partial charge in [-0.1, -0.05) is 12.6 Å². The maximum atomic E-state index is 11.5. The molecule has 2 N–H and O–H groups in total. The molecule has 26 heavy (non-hydrogen) atoms. The van der Waals surface area contributed by atoms with E-state index in [0.717, 1.165) is 53.8 Å². The summed E-state index contributed by atoms with van der Waals surface area (Å²) in [6.45, 7) is 5.29. The molecule has 4 rings (SSSR count). The standard InChI is InChI=1S/C20H21N5O/c1-2-19(26)24-15-5-8-25(9-6-15)16-10-17-18(13-23-20(17)22-12-16)14-4-3-7-21-11-14/h2-4,7,10-13,15H,1,5-6,8-9H2,(H,22,23)(H,24,26). The van der Waals surface area contributed by atoms with Crippen LogP contribution in [-0.4, -0.2) is 40.0 Å². The number of fused-ring (bicyclic) bond motifs is 1. The van der Waals surface area contributed by atoms with Crippen LogP contribution in [0.4, 0.5) is 5.69 Å². The Balaban J connectivity index is 1.55. The lowest BCUT2D eigenvalue weighted by atomic mass is 10.0. The van der Waals surface area contributed by atoms with E-state index < -0.39 is 0 Å². The van der Waals surface area contributed by atoms with Crippen LogP contribution in [0.3, 0.4) is 0 Å². The lowest BCUT2D eigenvalue weighted by Gasteiger charge is -2.33. The molecule has 0 atom stereocenters. The molecule has 0 aliphatic carbocycles. The minimum Gasteiger partial charge on any atom is -0.370 e. The summed E-state index contributed by atoms with van der Waals surface area (Å²) >= 11 is 0. The summed E-state index contributed by atoms with van der Waals surface area (Å²) in [6.07, 6.45) is 10.7. The first-order valence-corrected chi connectivity index (χ1v) is 8.80. The summed E-state index contributed by atoms with van der Waals surface area (Å²) in [5, 5.41) is 4.08.